The molecule has 2 aromatic heterocycles. The molecule has 0 unspecified atom stereocenters. The van der Waals surface area contributed by atoms with Gasteiger partial charge in [0.2, 0.25) is 0 Å². The van der Waals surface area contributed by atoms with E-state index < -0.39 is 57.2 Å². The van der Waals surface area contributed by atoms with Crippen molar-refractivity contribution in [3.63, 3.8) is 0 Å². The predicted octanol–water partition coefficient (Wildman–Crippen LogP) is 4.46. The number of hydrogen-bond acceptors (Lipinski definition) is 11. The van der Waals surface area contributed by atoms with Gasteiger partial charge in [-0.15, -0.1) is 0 Å². The Kier molecular flexibility index (Phi) is 14.7. The molecule has 15 nitrogen and oxygen atoms in total. The van der Waals surface area contributed by atoms with Crippen molar-refractivity contribution in [3.8, 4) is 11.5 Å². The van der Waals surface area contributed by atoms with E-state index in [1.54, 1.807) is 36.7 Å². The molecule has 2 atom stereocenters. The van der Waals surface area contributed by atoms with Crippen LogP contribution in [0.15, 0.2) is 108 Å². The Morgan fingerprint density at radius 2 is 1.10 bits per heavy atom. The van der Waals surface area contributed by atoms with Crippen LogP contribution in [0, 0.1) is 0 Å². The number of rotatable bonds is 12. The molecule has 0 aliphatic rings. The van der Waals surface area contributed by atoms with Gasteiger partial charge in [0.15, 0.2) is 12.1 Å². The molecular formula is C34H30N6O9V2. The summed E-state index contributed by atoms with van der Waals surface area (Å²) in [6.45, 7) is 0. The molecule has 51 heavy (non-hydrogen) atoms. The molecule has 4 aromatic carbocycles. The number of H-pyrrole nitrogens is 2. The van der Waals surface area contributed by atoms with Crippen LogP contribution in [0.1, 0.15) is 22.5 Å². The number of aromatic hydroxyl groups is 2. The summed E-state index contributed by atoms with van der Waals surface area (Å²) < 4.78 is 22.4. The van der Waals surface area contributed by atoms with Crippen molar-refractivity contribution in [2.45, 2.75) is 24.9 Å². The Labute approximate surface area is 304 Å². The zero-order chi connectivity index (χ0) is 36.6. The number of phenolic OH excluding ortho intramolecular Hbond substituents is 2. The van der Waals surface area contributed by atoms with Gasteiger partial charge in [-0.25, -0.2) is 19.6 Å². The number of nitrogens with zero attached hydrogens (tertiary/aromatic N) is 4. The first kappa shape index (κ1) is 38.2. The van der Waals surface area contributed by atoms with Crippen molar-refractivity contribution < 1.29 is 73.1 Å². The van der Waals surface area contributed by atoms with Crippen LogP contribution in [-0.4, -0.2) is 76.8 Å². The van der Waals surface area contributed by atoms with Crippen LogP contribution in [0.5, 0.6) is 11.5 Å². The summed E-state index contributed by atoms with van der Waals surface area (Å²) in [7, 11) is 0. The molecule has 0 aliphatic heterocycles. The number of fused-ring (bicyclic) bond motifs is 2. The summed E-state index contributed by atoms with van der Waals surface area (Å²) in [4.78, 5) is 44.5. The van der Waals surface area contributed by atoms with Gasteiger partial charge in [-0.2, -0.15) is 0 Å². The fourth-order valence-electron chi connectivity index (χ4n) is 4.80. The second kappa shape index (κ2) is 19.6. The molecule has 0 saturated heterocycles. The van der Waals surface area contributed by atoms with Crippen LogP contribution in [0.25, 0.3) is 21.5 Å². The standard InChI is InChI=1S/2C17H15N3O3.3O.2V/c2*21-16-6-5-11-3-1-2-4-13(11)14(16)9-19-15(17(22)23)7-12-8-18-10-20-12;;;;;/h2*1-6,8-10,15,21H,7H2,(H,18,20)(H,22,23);;;;;/t2*15-;;;;;/m00...../s1. The second-order valence-electron chi connectivity index (χ2n) is 10.5. The molecule has 0 fully saturated rings. The van der Waals surface area contributed by atoms with Gasteiger partial charge in [0, 0.05) is 60.2 Å². The van der Waals surface area contributed by atoms with Gasteiger partial charge in [0.25, 0.3) is 0 Å². The van der Waals surface area contributed by atoms with E-state index in [4.69, 9.17) is 0 Å². The van der Waals surface area contributed by atoms with Crippen LogP contribution in [0.3, 0.4) is 0 Å². The number of hydrogen-bond donors (Lipinski definition) is 6. The third-order valence-electron chi connectivity index (χ3n) is 7.24. The number of imidazole rings is 2. The molecule has 6 rings (SSSR count). The van der Waals surface area contributed by atoms with E-state index in [2.05, 4.69) is 32.5 Å². The van der Waals surface area contributed by atoms with Crippen molar-refractivity contribution in [2.75, 3.05) is 0 Å². The van der Waals surface area contributed by atoms with Gasteiger partial charge in [0.05, 0.1) is 12.7 Å². The number of phenols is 2. The summed E-state index contributed by atoms with van der Waals surface area (Å²) >= 11 is -2.61. The number of carbonyl (C=O) groups is 2. The van der Waals surface area contributed by atoms with Crippen LogP contribution in [0.4, 0.5) is 0 Å². The predicted molar refractivity (Wildman–Crippen MR) is 176 cm³/mol. The first-order valence-corrected chi connectivity index (χ1v) is 17.2. The van der Waals surface area contributed by atoms with Gasteiger partial charge in [0.1, 0.15) is 11.5 Å². The van der Waals surface area contributed by atoms with Gasteiger partial charge < -0.3 is 30.4 Å². The molecule has 17 heteroatoms. The van der Waals surface area contributed by atoms with E-state index in [0.29, 0.717) is 22.5 Å². The molecule has 2 heterocycles. The third kappa shape index (κ3) is 11.2. The van der Waals surface area contributed by atoms with Crippen molar-refractivity contribution in [3.05, 3.63) is 120 Å². The SMILES string of the molecule is O=C(O)[C@H](Cc1cnc[nH]1)N=Cc1c(O)ccc2ccccc12.O=C(O)[C@H](Cc1cnc[nH]1)N=Cc1c(O)ccc2ccccc12.[O]=[V][O][V]=[O]. The Hall–Kier alpha value is -5.57. The minimum atomic E-state index is -1.30. The van der Waals surface area contributed by atoms with E-state index in [1.807, 2.05) is 48.5 Å². The molecule has 0 aliphatic carbocycles. The zero-order valence-electron chi connectivity index (χ0n) is 26.5. The zero-order valence-corrected chi connectivity index (χ0v) is 29.3. The molecule has 6 aromatic rings. The van der Waals surface area contributed by atoms with Crippen molar-refractivity contribution in [1.29, 1.82) is 0 Å². The quantitative estimate of drug-likeness (QED) is 0.0951. The molecule has 6 N–H and O–H groups in total. The van der Waals surface area contributed by atoms with Gasteiger partial charge in [-0.3, -0.25) is 9.98 Å². The van der Waals surface area contributed by atoms with Crippen molar-refractivity contribution in [1.82, 2.24) is 19.9 Å². The fraction of sp³-hybridized carbons (Fsp3) is 0.118. The molecule has 260 valence electrons. The fourth-order valence-corrected chi connectivity index (χ4v) is 5.02. The molecule has 0 amide bonds. The maximum absolute atomic E-state index is 11.4. The van der Waals surface area contributed by atoms with Crippen molar-refractivity contribution >= 4 is 45.9 Å². The Morgan fingerprint density at radius 1 is 0.686 bits per heavy atom. The molecule has 0 bridgehead atoms. The number of nitrogens with one attached hydrogen (secondary N) is 2. The number of aromatic amines is 2. The topological polar surface area (TPSA) is 241 Å². The van der Waals surface area contributed by atoms with Crippen LogP contribution in [0.2, 0.25) is 0 Å². The number of aromatic nitrogens is 4. The van der Waals surface area contributed by atoms with Gasteiger partial charge in [-0.1, -0.05) is 60.7 Å². The number of benzene rings is 4. The molecule has 0 saturated carbocycles. The van der Waals surface area contributed by atoms with Gasteiger partial charge in [-0.05, 0) is 33.7 Å². The summed E-state index contributed by atoms with van der Waals surface area (Å²) in [5.41, 5.74) is 2.41. The van der Waals surface area contributed by atoms with Crippen LogP contribution in [-0.2, 0) is 65.5 Å². The van der Waals surface area contributed by atoms with E-state index >= 15 is 0 Å². The number of carboxylic acids is 2. The summed E-state index contributed by atoms with van der Waals surface area (Å²) in [6.07, 6.45) is 9.39. The molecule has 0 spiro atoms. The summed E-state index contributed by atoms with van der Waals surface area (Å²) in [6, 6.07) is 20.0. The third-order valence-corrected chi connectivity index (χ3v) is 8.30. The molecule has 0 radical (unpaired) electrons. The first-order chi connectivity index (χ1) is 24.7. The first-order valence-electron chi connectivity index (χ1n) is 14.9. The van der Waals surface area contributed by atoms with E-state index in [0.717, 1.165) is 21.5 Å². The van der Waals surface area contributed by atoms with Crippen LogP contribution >= 0.6 is 0 Å². The maximum atomic E-state index is 11.4. The average Bonchev–Trinajstić information content (AvgIpc) is 3.85. The van der Waals surface area contributed by atoms with E-state index in [9.17, 15) is 37.4 Å². The Balaban J connectivity index is 0.000000202. The summed E-state index contributed by atoms with van der Waals surface area (Å²) in [5, 5.41) is 42.3. The van der Waals surface area contributed by atoms with Crippen LogP contribution < -0.4 is 0 Å². The number of carboxylic acid groups (broad SMARTS) is 2. The number of aliphatic carboxylic acids is 2. The van der Waals surface area contributed by atoms with Crippen molar-refractivity contribution in [2.24, 2.45) is 9.98 Å². The summed E-state index contributed by atoms with van der Waals surface area (Å²) in [5.74, 6) is -1.93. The monoisotopic (exact) mass is 768 g/mol. The average molecular weight is 769 g/mol. The second-order valence-corrected chi connectivity index (χ2v) is 12.3. The van der Waals surface area contributed by atoms with E-state index in [1.165, 1.54) is 25.1 Å². The number of aliphatic imine (C=N–C) groups is 2. The molecular weight excluding hydrogens is 738 g/mol. The Morgan fingerprint density at radius 3 is 1.43 bits per heavy atom. The normalized spacial score (nSPS) is 12.1. The van der Waals surface area contributed by atoms with E-state index in [-0.39, 0.29) is 24.3 Å². The minimum absolute atomic E-state index is 0.0677. The van der Waals surface area contributed by atoms with Gasteiger partial charge >= 0.3 is 55.0 Å². The Bertz CT molecular complexity index is 1990.